The lowest BCUT2D eigenvalue weighted by Crippen LogP contribution is -2.08. The van der Waals surface area contributed by atoms with Gasteiger partial charge in [-0.15, -0.1) is 5.10 Å². The molecule has 52 valence electrons. The Morgan fingerprint density at radius 3 is 2.22 bits per heavy atom. The third kappa shape index (κ3) is 2.85. The van der Waals surface area contributed by atoms with Crippen LogP contribution in [0.15, 0.2) is 10.2 Å². The van der Waals surface area contributed by atoms with E-state index in [4.69, 9.17) is 4.74 Å². The van der Waals surface area contributed by atoms with E-state index in [0.29, 0.717) is 5.90 Å². The molecule has 0 spiro atoms. The van der Waals surface area contributed by atoms with Gasteiger partial charge in [-0.1, -0.05) is 13.8 Å². The van der Waals surface area contributed by atoms with Crippen molar-refractivity contribution in [1.29, 1.82) is 0 Å². The van der Waals surface area contributed by atoms with E-state index < -0.39 is 0 Å². The normalized spacial score (nSPS) is 11.8. The minimum Gasteiger partial charge on any atom is -0.483 e. The summed E-state index contributed by atoms with van der Waals surface area (Å²) in [6.07, 6.45) is 0. The van der Waals surface area contributed by atoms with Crippen LogP contribution in [0.2, 0.25) is 0 Å². The monoisotopic (exact) mass is 128 g/mol. The Morgan fingerprint density at radius 2 is 2.11 bits per heavy atom. The Hall–Kier alpha value is -0.860. The van der Waals surface area contributed by atoms with E-state index in [1.807, 2.05) is 13.8 Å². The van der Waals surface area contributed by atoms with Crippen molar-refractivity contribution in [1.82, 2.24) is 0 Å². The fraction of sp³-hybridized carbons (Fsp3) is 0.667. The van der Waals surface area contributed by atoms with Gasteiger partial charge in [-0.2, -0.15) is 5.10 Å². The molecule has 0 aliphatic rings. The molecular weight excluding hydrogens is 116 g/mol. The minimum atomic E-state index is 0.278. The zero-order chi connectivity index (χ0) is 7.28. The predicted octanol–water partition coefficient (Wildman–Crippen LogP) is 1.30. The van der Waals surface area contributed by atoms with Gasteiger partial charge in [-0.25, -0.2) is 0 Å². The van der Waals surface area contributed by atoms with Crippen molar-refractivity contribution in [3.8, 4) is 0 Å². The van der Waals surface area contributed by atoms with Crippen molar-refractivity contribution >= 4 is 12.6 Å². The third-order valence-corrected chi connectivity index (χ3v) is 0.872. The highest BCUT2D eigenvalue weighted by Crippen LogP contribution is 1.97. The van der Waals surface area contributed by atoms with Crippen molar-refractivity contribution in [2.24, 2.45) is 16.1 Å². The summed E-state index contributed by atoms with van der Waals surface area (Å²) < 4.78 is 4.87. The van der Waals surface area contributed by atoms with Crippen LogP contribution in [0.3, 0.4) is 0 Å². The molecule has 0 radical (unpaired) electrons. The first-order chi connectivity index (χ1) is 4.22. The van der Waals surface area contributed by atoms with Gasteiger partial charge in [-0.3, -0.25) is 0 Å². The SMILES string of the molecule is C=N/N=C(\OC)C(C)C. The van der Waals surface area contributed by atoms with Crippen molar-refractivity contribution in [3.05, 3.63) is 0 Å². The summed E-state index contributed by atoms with van der Waals surface area (Å²) in [4.78, 5) is 0. The fourth-order valence-corrected chi connectivity index (χ4v) is 0.462. The summed E-state index contributed by atoms with van der Waals surface area (Å²) in [5, 5.41) is 6.99. The molecule has 0 aliphatic carbocycles. The second-order valence-electron chi connectivity index (χ2n) is 1.94. The number of rotatable bonds is 2. The molecule has 0 N–H and O–H groups in total. The number of hydrogen-bond donors (Lipinski definition) is 0. The zero-order valence-electron chi connectivity index (χ0n) is 6.09. The van der Waals surface area contributed by atoms with E-state index in [0.717, 1.165) is 0 Å². The van der Waals surface area contributed by atoms with E-state index in [1.165, 1.54) is 0 Å². The molecule has 0 saturated heterocycles. The molecule has 0 saturated carbocycles. The lowest BCUT2D eigenvalue weighted by Gasteiger charge is -2.04. The molecule has 0 amide bonds. The van der Waals surface area contributed by atoms with Crippen molar-refractivity contribution < 1.29 is 4.74 Å². The Labute approximate surface area is 55.4 Å². The average molecular weight is 128 g/mol. The molecule has 0 aromatic rings. The van der Waals surface area contributed by atoms with E-state index in [2.05, 4.69) is 16.9 Å². The molecule has 9 heavy (non-hydrogen) atoms. The van der Waals surface area contributed by atoms with Crippen LogP contribution in [-0.2, 0) is 4.74 Å². The van der Waals surface area contributed by atoms with Gasteiger partial charge >= 0.3 is 0 Å². The van der Waals surface area contributed by atoms with Crippen LogP contribution in [0, 0.1) is 5.92 Å². The molecule has 0 fully saturated rings. The topological polar surface area (TPSA) is 34.0 Å². The maximum Gasteiger partial charge on any atom is 0.210 e. The third-order valence-electron chi connectivity index (χ3n) is 0.872. The van der Waals surface area contributed by atoms with E-state index in [-0.39, 0.29) is 5.92 Å². The summed E-state index contributed by atoms with van der Waals surface area (Å²) in [5.41, 5.74) is 0. The van der Waals surface area contributed by atoms with Crippen molar-refractivity contribution in [2.75, 3.05) is 7.11 Å². The molecule has 0 atom stereocenters. The molecule has 3 nitrogen and oxygen atoms in total. The average Bonchev–Trinajstić information content (AvgIpc) is 1.82. The summed E-state index contributed by atoms with van der Waals surface area (Å²) in [6.45, 7) is 7.17. The molecule has 0 aromatic heterocycles. The maximum atomic E-state index is 4.87. The number of ether oxygens (including phenoxy) is 1. The minimum absolute atomic E-state index is 0.278. The van der Waals surface area contributed by atoms with Crippen molar-refractivity contribution in [2.45, 2.75) is 13.8 Å². The molecule has 0 bridgehead atoms. The predicted molar refractivity (Wildman–Crippen MR) is 38.8 cm³/mol. The second kappa shape index (κ2) is 4.06. The summed E-state index contributed by atoms with van der Waals surface area (Å²) >= 11 is 0. The van der Waals surface area contributed by atoms with Crippen LogP contribution in [0.4, 0.5) is 0 Å². The number of nitrogens with zero attached hydrogens (tertiary/aromatic N) is 2. The zero-order valence-corrected chi connectivity index (χ0v) is 6.09. The molecule has 0 heterocycles. The van der Waals surface area contributed by atoms with Gasteiger partial charge in [0.2, 0.25) is 5.90 Å². The van der Waals surface area contributed by atoms with Crippen LogP contribution in [0.1, 0.15) is 13.8 Å². The summed E-state index contributed by atoms with van der Waals surface area (Å²) in [6, 6.07) is 0. The van der Waals surface area contributed by atoms with Gasteiger partial charge < -0.3 is 4.74 Å². The Kier molecular flexibility index (Phi) is 3.67. The Balaban J connectivity index is 3.96. The van der Waals surface area contributed by atoms with E-state index in [9.17, 15) is 0 Å². The van der Waals surface area contributed by atoms with Gasteiger partial charge in [0.1, 0.15) is 0 Å². The summed E-state index contributed by atoms with van der Waals surface area (Å²) in [7, 11) is 1.57. The highest BCUT2D eigenvalue weighted by atomic mass is 16.5. The number of hydrogen-bond acceptors (Lipinski definition) is 3. The molecule has 0 rings (SSSR count). The quantitative estimate of drug-likeness (QED) is 0.313. The molecular formula is C6H12N2O. The summed E-state index contributed by atoms with van der Waals surface area (Å²) in [5.74, 6) is 0.894. The first kappa shape index (κ1) is 8.14. The Bertz CT molecular complexity index is 118. The molecule has 0 aromatic carbocycles. The number of methoxy groups -OCH3 is 1. The standard InChI is InChI=1S/C6H12N2O/c1-5(2)6(9-4)8-7-3/h5H,3H2,1-2,4H3/b8-6-. The van der Waals surface area contributed by atoms with Crippen LogP contribution >= 0.6 is 0 Å². The Morgan fingerprint density at radius 1 is 1.56 bits per heavy atom. The van der Waals surface area contributed by atoms with Crippen LogP contribution in [0.5, 0.6) is 0 Å². The van der Waals surface area contributed by atoms with Crippen LogP contribution in [-0.4, -0.2) is 19.7 Å². The first-order valence-corrected chi connectivity index (χ1v) is 2.80. The molecule has 3 heteroatoms. The van der Waals surface area contributed by atoms with Gasteiger partial charge in [0.15, 0.2) is 0 Å². The van der Waals surface area contributed by atoms with Crippen molar-refractivity contribution in [3.63, 3.8) is 0 Å². The smallest absolute Gasteiger partial charge is 0.210 e. The van der Waals surface area contributed by atoms with Gasteiger partial charge in [0.05, 0.1) is 7.11 Å². The lowest BCUT2D eigenvalue weighted by atomic mass is 10.2. The molecule has 0 unspecified atom stereocenters. The highest BCUT2D eigenvalue weighted by molar-refractivity contribution is 5.77. The van der Waals surface area contributed by atoms with Gasteiger partial charge in [-0.05, 0) is 0 Å². The van der Waals surface area contributed by atoms with Gasteiger partial charge in [0.25, 0.3) is 0 Å². The fourth-order valence-electron chi connectivity index (χ4n) is 0.462. The van der Waals surface area contributed by atoms with Gasteiger partial charge in [0, 0.05) is 12.6 Å². The van der Waals surface area contributed by atoms with Crippen LogP contribution < -0.4 is 0 Å². The lowest BCUT2D eigenvalue weighted by molar-refractivity contribution is 0.373. The van der Waals surface area contributed by atoms with E-state index >= 15 is 0 Å². The first-order valence-electron chi connectivity index (χ1n) is 2.80. The second-order valence-corrected chi connectivity index (χ2v) is 1.94. The maximum absolute atomic E-state index is 4.87. The highest BCUT2D eigenvalue weighted by Gasteiger charge is 2.02. The van der Waals surface area contributed by atoms with E-state index in [1.54, 1.807) is 7.11 Å². The molecule has 0 aliphatic heterocycles. The largest absolute Gasteiger partial charge is 0.483 e. The van der Waals surface area contributed by atoms with Crippen LogP contribution in [0.25, 0.3) is 0 Å².